The van der Waals surface area contributed by atoms with E-state index in [2.05, 4.69) is 20.7 Å². The number of hydrogen-bond donors (Lipinski definition) is 0. The van der Waals surface area contributed by atoms with Crippen LogP contribution in [-0.2, 0) is 9.53 Å². The fourth-order valence-corrected chi connectivity index (χ4v) is 1.58. The standard InChI is InChI=1S/C12H11BrF2O2/c1-3-17-12(16)4-7(2)8-5-11(15)9(13)6-10(8)14/h4-6H,3H2,1-2H3/b7-4-. The van der Waals surface area contributed by atoms with Crippen LogP contribution in [0.2, 0.25) is 0 Å². The van der Waals surface area contributed by atoms with Crippen molar-refractivity contribution in [3.63, 3.8) is 0 Å². The van der Waals surface area contributed by atoms with Gasteiger partial charge < -0.3 is 4.74 Å². The summed E-state index contributed by atoms with van der Waals surface area (Å²) < 4.78 is 31.5. The molecule has 2 nitrogen and oxygen atoms in total. The first kappa shape index (κ1) is 13.8. The maximum Gasteiger partial charge on any atom is 0.331 e. The lowest BCUT2D eigenvalue weighted by Gasteiger charge is -2.05. The van der Waals surface area contributed by atoms with Crippen molar-refractivity contribution < 1.29 is 18.3 Å². The molecule has 0 radical (unpaired) electrons. The summed E-state index contributed by atoms with van der Waals surface area (Å²) in [6, 6.07) is 2.05. The van der Waals surface area contributed by atoms with Gasteiger partial charge in [-0.2, -0.15) is 0 Å². The van der Waals surface area contributed by atoms with E-state index >= 15 is 0 Å². The van der Waals surface area contributed by atoms with Gasteiger partial charge in [0.15, 0.2) is 0 Å². The number of carbonyl (C=O) groups excluding carboxylic acids is 1. The normalized spacial score (nSPS) is 11.5. The first-order valence-electron chi connectivity index (χ1n) is 4.95. The number of allylic oxidation sites excluding steroid dienone is 1. The molecule has 1 rings (SSSR count). The minimum atomic E-state index is -0.601. The Balaban J connectivity index is 3.08. The Labute approximate surface area is 106 Å². The molecule has 0 bridgehead atoms. The van der Waals surface area contributed by atoms with Crippen LogP contribution in [0.4, 0.5) is 8.78 Å². The van der Waals surface area contributed by atoms with E-state index in [1.165, 1.54) is 6.92 Å². The van der Waals surface area contributed by atoms with Crippen molar-refractivity contribution >= 4 is 27.5 Å². The lowest BCUT2D eigenvalue weighted by Crippen LogP contribution is -2.01. The second kappa shape index (κ2) is 5.91. The third-order valence-electron chi connectivity index (χ3n) is 2.06. The van der Waals surface area contributed by atoms with Crippen molar-refractivity contribution in [3.05, 3.63) is 39.9 Å². The Morgan fingerprint density at radius 2 is 2.06 bits per heavy atom. The van der Waals surface area contributed by atoms with E-state index in [0.29, 0.717) is 5.57 Å². The second-order valence-corrected chi connectivity index (χ2v) is 4.18. The highest BCUT2D eigenvalue weighted by atomic mass is 79.9. The summed E-state index contributed by atoms with van der Waals surface area (Å²) in [5.74, 6) is -1.76. The van der Waals surface area contributed by atoms with Crippen LogP contribution in [0.25, 0.3) is 5.57 Å². The van der Waals surface area contributed by atoms with Crippen molar-refractivity contribution in [3.8, 4) is 0 Å². The first-order valence-corrected chi connectivity index (χ1v) is 5.75. The molecular formula is C12H11BrF2O2. The molecule has 92 valence electrons. The molecule has 0 saturated heterocycles. The molecule has 0 aliphatic rings. The van der Waals surface area contributed by atoms with Crippen molar-refractivity contribution in [1.82, 2.24) is 0 Å². The quantitative estimate of drug-likeness (QED) is 0.483. The average Bonchev–Trinajstić information content (AvgIpc) is 2.23. The highest BCUT2D eigenvalue weighted by molar-refractivity contribution is 9.10. The van der Waals surface area contributed by atoms with Gasteiger partial charge in [0.25, 0.3) is 0 Å². The Morgan fingerprint density at radius 1 is 1.41 bits per heavy atom. The van der Waals surface area contributed by atoms with E-state index in [-0.39, 0.29) is 16.6 Å². The van der Waals surface area contributed by atoms with Gasteiger partial charge in [-0.25, -0.2) is 13.6 Å². The molecule has 0 amide bonds. The van der Waals surface area contributed by atoms with Crippen LogP contribution < -0.4 is 0 Å². The van der Waals surface area contributed by atoms with Gasteiger partial charge in [-0.3, -0.25) is 0 Å². The number of halogens is 3. The summed E-state index contributed by atoms with van der Waals surface area (Å²) in [6.07, 6.45) is 1.13. The summed E-state index contributed by atoms with van der Waals surface area (Å²) in [4.78, 5) is 11.2. The van der Waals surface area contributed by atoms with E-state index in [1.54, 1.807) is 6.92 Å². The van der Waals surface area contributed by atoms with Gasteiger partial charge in [0.05, 0.1) is 11.1 Å². The molecule has 1 aromatic carbocycles. The van der Waals surface area contributed by atoms with Gasteiger partial charge in [-0.1, -0.05) is 0 Å². The summed E-state index contributed by atoms with van der Waals surface area (Å²) >= 11 is 2.88. The SMILES string of the molecule is CCOC(=O)/C=C(/C)c1cc(F)c(Br)cc1F. The second-order valence-electron chi connectivity index (χ2n) is 3.33. The van der Waals surface area contributed by atoms with Crippen LogP contribution in [0, 0.1) is 11.6 Å². The Hall–Kier alpha value is -1.23. The third kappa shape index (κ3) is 3.63. The molecule has 0 atom stereocenters. The van der Waals surface area contributed by atoms with E-state index in [1.807, 2.05) is 0 Å². The first-order chi connectivity index (χ1) is 7.95. The van der Waals surface area contributed by atoms with Crippen molar-refractivity contribution in [2.75, 3.05) is 6.61 Å². The molecule has 0 aliphatic carbocycles. The molecule has 0 aromatic heterocycles. The van der Waals surface area contributed by atoms with Gasteiger partial charge in [-0.15, -0.1) is 0 Å². The number of hydrogen-bond acceptors (Lipinski definition) is 2. The summed E-state index contributed by atoms with van der Waals surface area (Å²) in [7, 11) is 0. The van der Waals surface area contributed by atoms with Crippen molar-refractivity contribution in [2.24, 2.45) is 0 Å². The number of esters is 1. The topological polar surface area (TPSA) is 26.3 Å². The van der Waals surface area contributed by atoms with Gasteiger partial charge in [0.2, 0.25) is 0 Å². The Kier molecular flexibility index (Phi) is 4.81. The highest BCUT2D eigenvalue weighted by Gasteiger charge is 2.10. The minimum absolute atomic E-state index is 0.0405. The Morgan fingerprint density at radius 3 is 2.65 bits per heavy atom. The lowest BCUT2D eigenvalue weighted by atomic mass is 10.1. The van der Waals surface area contributed by atoms with Crippen LogP contribution in [-0.4, -0.2) is 12.6 Å². The van der Waals surface area contributed by atoms with Gasteiger partial charge >= 0.3 is 5.97 Å². The van der Waals surface area contributed by atoms with Crippen LogP contribution in [0.15, 0.2) is 22.7 Å². The molecule has 1 aromatic rings. The number of benzene rings is 1. The number of carbonyl (C=O) groups is 1. The van der Waals surface area contributed by atoms with Gasteiger partial charge in [-0.05, 0) is 47.5 Å². The monoisotopic (exact) mass is 304 g/mol. The van der Waals surface area contributed by atoms with Gasteiger partial charge in [0, 0.05) is 11.6 Å². The van der Waals surface area contributed by atoms with Gasteiger partial charge in [0.1, 0.15) is 11.6 Å². The molecule has 17 heavy (non-hydrogen) atoms. The third-order valence-corrected chi connectivity index (χ3v) is 2.66. The van der Waals surface area contributed by atoms with E-state index in [4.69, 9.17) is 0 Å². The summed E-state index contributed by atoms with van der Waals surface area (Å²) in [5.41, 5.74) is 0.353. The largest absolute Gasteiger partial charge is 0.463 e. The van der Waals surface area contributed by atoms with E-state index < -0.39 is 17.6 Å². The minimum Gasteiger partial charge on any atom is -0.463 e. The predicted octanol–water partition coefficient (Wildman–Crippen LogP) is 3.69. The maximum absolute atomic E-state index is 13.5. The molecule has 0 heterocycles. The molecule has 0 fully saturated rings. The highest BCUT2D eigenvalue weighted by Crippen LogP contribution is 2.24. The van der Waals surface area contributed by atoms with Crippen LogP contribution >= 0.6 is 15.9 Å². The van der Waals surface area contributed by atoms with E-state index in [9.17, 15) is 13.6 Å². The maximum atomic E-state index is 13.5. The fourth-order valence-electron chi connectivity index (χ4n) is 1.26. The molecule has 0 saturated carbocycles. The predicted molar refractivity (Wildman–Crippen MR) is 64.3 cm³/mol. The molecule has 0 N–H and O–H groups in total. The molecule has 0 aliphatic heterocycles. The molecule has 0 spiro atoms. The number of ether oxygens (including phenoxy) is 1. The molecule has 5 heteroatoms. The smallest absolute Gasteiger partial charge is 0.331 e. The number of rotatable bonds is 3. The lowest BCUT2D eigenvalue weighted by molar-refractivity contribution is -0.137. The zero-order valence-electron chi connectivity index (χ0n) is 9.39. The van der Waals surface area contributed by atoms with Crippen LogP contribution in [0.1, 0.15) is 19.4 Å². The zero-order valence-corrected chi connectivity index (χ0v) is 11.0. The summed E-state index contributed by atoms with van der Waals surface area (Å²) in [5, 5.41) is 0. The van der Waals surface area contributed by atoms with E-state index in [0.717, 1.165) is 18.2 Å². The average molecular weight is 305 g/mol. The van der Waals surface area contributed by atoms with Crippen molar-refractivity contribution in [2.45, 2.75) is 13.8 Å². The Bertz CT molecular complexity index is 470. The molecular weight excluding hydrogens is 294 g/mol. The van der Waals surface area contributed by atoms with Crippen LogP contribution in [0.5, 0.6) is 0 Å². The zero-order chi connectivity index (χ0) is 13.0. The summed E-state index contributed by atoms with van der Waals surface area (Å²) in [6.45, 7) is 3.42. The van der Waals surface area contributed by atoms with Crippen molar-refractivity contribution in [1.29, 1.82) is 0 Å². The molecule has 0 unspecified atom stereocenters. The van der Waals surface area contributed by atoms with Crippen LogP contribution in [0.3, 0.4) is 0 Å². The fraction of sp³-hybridized carbons (Fsp3) is 0.250.